The molecule has 0 saturated carbocycles. The minimum atomic E-state index is -0.456. The number of amides is 1. The lowest BCUT2D eigenvalue weighted by atomic mass is 10.1. The summed E-state index contributed by atoms with van der Waals surface area (Å²) >= 11 is 3.25. The molecule has 2 aromatic carbocycles. The van der Waals surface area contributed by atoms with Gasteiger partial charge in [-0.05, 0) is 51.6 Å². The highest BCUT2D eigenvalue weighted by molar-refractivity contribution is 9.10. The van der Waals surface area contributed by atoms with E-state index >= 15 is 0 Å². The third-order valence-electron chi connectivity index (χ3n) is 3.10. The van der Waals surface area contributed by atoms with Gasteiger partial charge < -0.3 is 5.32 Å². The van der Waals surface area contributed by atoms with Crippen molar-refractivity contribution in [3.63, 3.8) is 0 Å². The van der Waals surface area contributed by atoms with Crippen molar-refractivity contribution in [2.75, 3.05) is 5.32 Å². The van der Waals surface area contributed by atoms with E-state index in [0.29, 0.717) is 10.2 Å². The fourth-order valence-electron chi connectivity index (χ4n) is 2.08. The van der Waals surface area contributed by atoms with Crippen molar-refractivity contribution in [1.29, 1.82) is 0 Å². The molecular formula is C16H10BrFN2O. The summed E-state index contributed by atoms with van der Waals surface area (Å²) in [5, 5.41) is 4.60. The maximum absolute atomic E-state index is 13.3. The standard InChI is InChI=1S/C16H10BrFN2O/c17-14-5-4-11(18)8-12(14)16(21)20-15-3-1-2-10-6-7-19-9-13(10)15/h1-9H,(H,20,21). The summed E-state index contributed by atoms with van der Waals surface area (Å²) in [6.45, 7) is 0. The van der Waals surface area contributed by atoms with E-state index in [9.17, 15) is 9.18 Å². The zero-order chi connectivity index (χ0) is 14.8. The summed E-state index contributed by atoms with van der Waals surface area (Å²) in [5.74, 6) is -0.833. The highest BCUT2D eigenvalue weighted by Crippen LogP contribution is 2.24. The Bertz CT molecular complexity index is 830. The number of aromatic nitrogens is 1. The second-order valence-corrected chi connectivity index (χ2v) is 5.34. The maximum Gasteiger partial charge on any atom is 0.256 e. The highest BCUT2D eigenvalue weighted by atomic mass is 79.9. The van der Waals surface area contributed by atoms with Crippen molar-refractivity contribution in [3.8, 4) is 0 Å². The van der Waals surface area contributed by atoms with Gasteiger partial charge in [0.1, 0.15) is 5.82 Å². The number of nitrogens with zero attached hydrogens (tertiary/aromatic N) is 1. The average Bonchev–Trinajstić information content (AvgIpc) is 2.50. The Hall–Kier alpha value is -2.27. The maximum atomic E-state index is 13.3. The van der Waals surface area contributed by atoms with Gasteiger partial charge in [-0.1, -0.05) is 12.1 Å². The number of carbonyl (C=O) groups excluding carboxylic acids is 1. The largest absolute Gasteiger partial charge is 0.321 e. The van der Waals surface area contributed by atoms with Crippen molar-refractivity contribution >= 4 is 38.3 Å². The number of rotatable bonds is 2. The average molecular weight is 345 g/mol. The predicted molar refractivity (Wildman–Crippen MR) is 83.8 cm³/mol. The summed E-state index contributed by atoms with van der Waals surface area (Å²) in [7, 11) is 0. The quantitative estimate of drug-likeness (QED) is 0.749. The Morgan fingerprint density at radius 2 is 2.05 bits per heavy atom. The zero-order valence-corrected chi connectivity index (χ0v) is 12.4. The van der Waals surface area contributed by atoms with Crippen LogP contribution in [0.3, 0.4) is 0 Å². The lowest BCUT2D eigenvalue weighted by Gasteiger charge is -2.09. The predicted octanol–water partition coefficient (Wildman–Crippen LogP) is 4.39. The molecule has 3 aromatic rings. The van der Waals surface area contributed by atoms with Crippen molar-refractivity contribution in [1.82, 2.24) is 4.98 Å². The first-order chi connectivity index (χ1) is 10.1. The molecule has 1 aromatic heterocycles. The van der Waals surface area contributed by atoms with Gasteiger partial charge in [-0.25, -0.2) is 4.39 Å². The second kappa shape index (κ2) is 5.61. The molecule has 0 radical (unpaired) electrons. The van der Waals surface area contributed by atoms with Crippen molar-refractivity contribution in [2.24, 2.45) is 0 Å². The number of anilines is 1. The molecular weight excluding hydrogens is 335 g/mol. The van der Waals surface area contributed by atoms with Crippen LogP contribution in [0, 0.1) is 5.82 Å². The molecule has 5 heteroatoms. The minimum absolute atomic E-state index is 0.246. The topological polar surface area (TPSA) is 42.0 Å². The van der Waals surface area contributed by atoms with Crippen LogP contribution in [0.4, 0.5) is 10.1 Å². The van der Waals surface area contributed by atoms with E-state index in [1.54, 1.807) is 18.5 Å². The Morgan fingerprint density at radius 3 is 2.90 bits per heavy atom. The number of hydrogen-bond acceptors (Lipinski definition) is 2. The normalized spacial score (nSPS) is 10.6. The first kappa shape index (κ1) is 13.7. The Morgan fingerprint density at radius 1 is 1.19 bits per heavy atom. The summed E-state index contributed by atoms with van der Waals surface area (Å²) in [6.07, 6.45) is 3.38. The molecule has 0 bridgehead atoms. The molecule has 1 heterocycles. The highest BCUT2D eigenvalue weighted by Gasteiger charge is 2.12. The van der Waals surface area contributed by atoms with Crippen molar-refractivity contribution in [3.05, 3.63) is 70.7 Å². The summed E-state index contributed by atoms with van der Waals surface area (Å²) in [6, 6.07) is 11.4. The second-order valence-electron chi connectivity index (χ2n) is 4.48. The number of benzene rings is 2. The molecule has 21 heavy (non-hydrogen) atoms. The van der Waals surface area contributed by atoms with Crippen LogP contribution in [0.5, 0.6) is 0 Å². The van der Waals surface area contributed by atoms with Crippen LogP contribution in [0.15, 0.2) is 59.3 Å². The van der Waals surface area contributed by atoms with Crippen molar-refractivity contribution < 1.29 is 9.18 Å². The van der Waals surface area contributed by atoms with E-state index in [4.69, 9.17) is 0 Å². The van der Waals surface area contributed by atoms with E-state index in [1.165, 1.54) is 18.2 Å². The number of halogens is 2. The molecule has 1 amide bonds. The van der Waals surface area contributed by atoms with Crippen molar-refractivity contribution in [2.45, 2.75) is 0 Å². The first-order valence-electron chi connectivity index (χ1n) is 6.24. The lowest BCUT2D eigenvalue weighted by molar-refractivity contribution is 0.102. The summed E-state index contributed by atoms with van der Waals surface area (Å²) in [4.78, 5) is 16.4. The molecule has 104 valence electrons. The fourth-order valence-corrected chi connectivity index (χ4v) is 2.51. The number of fused-ring (bicyclic) bond motifs is 1. The molecule has 0 aliphatic heterocycles. The zero-order valence-electron chi connectivity index (χ0n) is 10.8. The van der Waals surface area contributed by atoms with E-state index in [-0.39, 0.29) is 11.5 Å². The van der Waals surface area contributed by atoms with Crippen LogP contribution in [-0.2, 0) is 0 Å². The van der Waals surface area contributed by atoms with Crippen LogP contribution in [0.25, 0.3) is 10.8 Å². The summed E-state index contributed by atoms with van der Waals surface area (Å²) in [5.41, 5.74) is 0.887. The van der Waals surface area contributed by atoms with Gasteiger partial charge in [-0.15, -0.1) is 0 Å². The monoisotopic (exact) mass is 344 g/mol. The Labute approximate surface area is 128 Å². The van der Waals surface area contributed by atoms with Gasteiger partial charge in [0.05, 0.1) is 11.3 Å². The molecule has 0 fully saturated rings. The number of pyridine rings is 1. The van der Waals surface area contributed by atoms with Gasteiger partial charge in [0.15, 0.2) is 0 Å². The van der Waals surface area contributed by atoms with Crippen LogP contribution < -0.4 is 5.32 Å². The number of hydrogen-bond donors (Lipinski definition) is 1. The van der Waals surface area contributed by atoms with Gasteiger partial charge in [0, 0.05) is 22.3 Å². The van der Waals surface area contributed by atoms with Crippen LogP contribution in [-0.4, -0.2) is 10.9 Å². The third-order valence-corrected chi connectivity index (χ3v) is 3.80. The van der Waals surface area contributed by atoms with E-state index in [1.807, 2.05) is 18.2 Å². The SMILES string of the molecule is O=C(Nc1cccc2ccncc12)c1cc(F)ccc1Br. The molecule has 3 nitrogen and oxygen atoms in total. The van der Waals surface area contributed by atoms with Gasteiger partial charge in [0.2, 0.25) is 0 Å². The smallest absolute Gasteiger partial charge is 0.256 e. The van der Waals surface area contributed by atoms with E-state index < -0.39 is 5.82 Å². The molecule has 0 unspecified atom stereocenters. The number of carbonyl (C=O) groups is 1. The van der Waals surface area contributed by atoms with Gasteiger partial charge in [-0.3, -0.25) is 9.78 Å². The Kier molecular flexibility index (Phi) is 3.66. The van der Waals surface area contributed by atoms with Crippen LogP contribution in [0.2, 0.25) is 0 Å². The fraction of sp³-hybridized carbons (Fsp3) is 0. The van der Waals surface area contributed by atoms with Crippen LogP contribution >= 0.6 is 15.9 Å². The first-order valence-corrected chi connectivity index (χ1v) is 7.03. The molecule has 0 spiro atoms. The van der Waals surface area contributed by atoms with Gasteiger partial charge in [0.25, 0.3) is 5.91 Å². The lowest BCUT2D eigenvalue weighted by Crippen LogP contribution is -2.13. The molecule has 0 saturated heterocycles. The van der Waals surface area contributed by atoms with Gasteiger partial charge >= 0.3 is 0 Å². The van der Waals surface area contributed by atoms with E-state index in [2.05, 4.69) is 26.2 Å². The van der Waals surface area contributed by atoms with Crippen LogP contribution in [0.1, 0.15) is 10.4 Å². The Balaban J connectivity index is 1.99. The third kappa shape index (κ3) is 2.78. The molecule has 0 atom stereocenters. The summed E-state index contributed by atoms with van der Waals surface area (Å²) < 4.78 is 13.8. The molecule has 0 aliphatic rings. The molecule has 0 aliphatic carbocycles. The van der Waals surface area contributed by atoms with E-state index in [0.717, 1.165) is 10.8 Å². The van der Waals surface area contributed by atoms with Gasteiger partial charge in [-0.2, -0.15) is 0 Å². The number of nitrogens with one attached hydrogen (secondary N) is 1. The molecule has 3 rings (SSSR count). The minimum Gasteiger partial charge on any atom is -0.321 e. The molecule has 1 N–H and O–H groups in total.